The number of sulfone groups is 1. The highest BCUT2D eigenvalue weighted by molar-refractivity contribution is 7.91. The van der Waals surface area contributed by atoms with Crippen LogP contribution in [0.4, 0.5) is 0 Å². The Labute approximate surface area is 164 Å². The summed E-state index contributed by atoms with van der Waals surface area (Å²) >= 11 is 0. The molecule has 150 valence electrons. The molecule has 8 nitrogen and oxygen atoms in total. The molecule has 1 aliphatic rings. The Bertz CT molecular complexity index is 958. The minimum absolute atomic E-state index is 0.0779. The fourth-order valence-electron chi connectivity index (χ4n) is 3.02. The van der Waals surface area contributed by atoms with Crippen molar-refractivity contribution >= 4 is 21.7 Å². The van der Waals surface area contributed by atoms with Crippen LogP contribution in [0.25, 0.3) is 0 Å². The van der Waals surface area contributed by atoms with Crippen LogP contribution in [0, 0.1) is 13.8 Å². The summed E-state index contributed by atoms with van der Waals surface area (Å²) in [6, 6.07) is 8.17. The number of nitrogens with zero attached hydrogens (tertiary/aromatic N) is 3. The van der Waals surface area contributed by atoms with Crippen molar-refractivity contribution in [2.24, 2.45) is 0 Å². The number of rotatable bonds is 5. The Morgan fingerprint density at radius 2 is 1.64 bits per heavy atom. The number of hydrogen-bond acceptors (Lipinski definition) is 6. The number of aryl methyl sites for hydroxylation is 2. The van der Waals surface area contributed by atoms with Gasteiger partial charge in [-0.15, -0.1) is 0 Å². The highest BCUT2D eigenvalue weighted by Crippen LogP contribution is 2.15. The SMILES string of the molecule is Cc1ccc(S(=O)(=O)CCC(=O)N2CCN(C(=O)c3cc(C)no3)CC2)cc1. The summed E-state index contributed by atoms with van der Waals surface area (Å²) in [6.07, 6.45) is -0.0779. The molecule has 0 saturated carbocycles. The number of amides is 2. The second kappa shape index (κ2) is 8.14. The molecule has 1 fully saturated rings. The summed E-state index contributed by atoms with van der Waals surface area (Å²) in [6.45, 7) is 5.09. The molecule has 2 heterocycles. The normalized spacial score (nSPS) is 14.9. The van der Waals surface area contributed by atoms with Gasteiger partial charge < -0.3 is 14.3 Å². The molecule has 0 bridgehead atoms. The summed E-state index contributed by atoms with van der Waals surface area (Å²) in [7, 11) is -3.50. The third-order valence-corrected chi connectivity index (χ3v) is 6.46. The molecule has 0 unspecified atom stereocenters. The predicted molar refractivity (Wildman–Crippen MR) is 102 cm³/mol. The summed E-state index contributed by atoms with van der Waals surface area (Å²) < 4.78 is 29.8. The molecular weight excluding hydrogens is 382 g/mol. The van der Waals surface area contributed by atoms with Crippen molar-refractivity contribution in [1.82, 2.24) is 15.0 Å². The standard InChI is InChI=1S/C19H23N3O5S/c1-14-3-5-16(6-4-14)28(25,26)12-7-18(23)21-8-10-22(11-9-21)19(24)17-13-15(2)20-27-17/h3-6,13H,7-12H2,1-2H3. The van der Waals surface area contributed by atoms with Gasteiger partial charge in [-0.05, 0) is 26.0 Å². The second-order valence-corrected chi connectivity index (χ2v) is 9.00. The maximum absolute atomic E-state index is 12.4. The van der Waals surface area contributed by atoms with Crippen LogP contribution >= 0.6 is 0 Å². The van der Waals surface area contributed by atoms with Crippen molar-refractivity contribution in [3.05, 3.63) is 47.3 Å². The van der Waals surface area contributed by atoms with Gasteiger partial charge in [0.1, 0.15) is 0 Å². The van der Waals surface area contributed by atoms with Gasteiger partial charge in [0.25, 0.3) is 5.91 Å². The third kappa shape index (κ3) is 4.59. The van der Waals surface area contributed by atoms with Crippen LogP contribution in [0.15, 0.2) is 39.8 Å². The van der Waals surface area contributed by atoms with E-state index in [1.807, 2.05) is 6.92 Å². The number of carbonyl (C=O) groups excluding carboxylic acids is 2. The zero-order valence-corrected chi connectivity index (χ0v) is 16.7. The van der Waals surface area contributed by atoms with Crippen LogP contribution < -0.4 is 0 Å². The maximum Gasteiger partial charge on any atom is 0.292 e. The van der Waals surface area contributed by atoms with Gasteiger partial charge in [-0.3, -0.25) is 9.59 Å². The topological polar surface area (TPSA) is 101 Å². The molecule has 0 spiro atoms. The average Bonchev–Trinajstić information content (AvgIpc) is 3.12. The average molecular weight is 405 g/mol. The number of benzene rings is 1. The summed E-state index contributed by atoms with van der Waals surface area (Å²) in [5.74, 6) is -0.528. The zero-order valence-electron chi connectivity index (χ0n) is 15.9. The first kappa shape index (κ1) is 20.1. The van der Waals surface area contributed by atoms with E-state index in [9.17, 15) is 18.0 Å². The van der Waals surface area contributed by atoms with Crippen molar-refractivity contribution in [3.63, 3.8) is 0 Å². The van der Waals surface area contributed by atoms with E-state index < -0.39 is 9.84 Å². The molecule has 0 N–H and O–H groups in total. The lowest BCUT2D eigenvalue weighted by Gasteiger charge is -2.34. The molecule has 9 heteroatoms. The van der Waals surface area contributed by atoms with Crippen molar-refractivity contribution in [2.45, 2.75) is 25.2 Å². The molecule has 1 saturated heterocycles. The van der Waals surface area contributed by atoms with Crippen LogP contribution in [0.2, 0.25) is 0 Å². The first-order chi connectivity index (χ1) is 13.3. The Balaban J connectivity index is 1.51. The Hall–Kier alpha value is -2.68. The van der Waals surface area contributed by atoms with Gasteiger partial charge in [0, 0.05) is 38.7 Å². The van der Waals surface area contributed by atoms with Crippen LogP contribution in [0.3, 0.4) is 0 Å². The van der Waals surface area contributed by atoms with E-state index in [0.717, 1.165) is 5.56 Å². The molecule has 2 aromatic rings. The van der Waals surface area contributed by atoms with Crippen molar-refractivity contribution in [3.8, 4) is 0 Å². The van der Waals surface area contributed by atoms with Gasteiger partial charge in [-0.25, -0.2) is 8.42 Å². The summed E-state index contributed by atoms with van der Waals surface area (Å²) in [4.78, 5) is 28.2. The predicted octanol–water partition coefficient (Wildman–Crippen LogP) is 1.44. The number of piperazine rings is 1. The minimum Gasteiger partial charge on any atom is -0.351 e. The molecule has 28 heavy (non-hydrogen) atoms. The first-order valence-corrected chi connectivity index (χ1v) is 10.7. The summed E-state index contributed by atoms with van der Waals surface area (Å²) in [5.41, 5.74) is 1.61. The van der Waals surface area contributed by atoms with Crippen LogP contribution in [0.1, 0.15) is 28.2 Å². The van der Waals surface area contributed by atoms with Crippen molar-refractivity contribution in [2.75, 3.05) is 31.9 Å². The van der Waals surface area contributed by atoms with Crippen LogP contribution in [0.5, 0.6) is 0 Å². The van der Waals surface area contributed by atoms with E-state index in [2.05, 4.69) is 5.16 Å². The molecule has 3 rings (SSSR count). The van der Waals surface area contributed by atoms with E-state index in [4.69, 9.17) is 4.52 Å². The Kier molecular flexibility index (Phi) is 5.83. The largest absolute Gasteiger partial charge is 0.351 e. The highest BCUT2D eigenvalue weighted by Gasteiger charge is 2.27. The monoisotopic (exact) mass is 405 g/mol. The molecule has 0 atom stereocenters. The Morgan fingerprint density at radius 3 is 2.21 bits per heavy atom. The molecule has 1 aliphatic heterocycles. The fraction of sp³-hybridized carbons (Fsp3) is 0.421. The molecule has 2 amide bonds. The van der Waals surface area contributed by atoms with Crippen LogP contribution in [-0.2, 0) is 14.6 Å². The molecule has 1 aromatic heterocycles. The van der Waals surface area contributed by atoms with E-state index in [1.54, 1.807) is 47.1 Å². The van der Waals surface area contributed by atoms with Gasteiger partial charge >= 0.3 is 0 Å². The number of hydrogen-bond donors (Lipinski definition) is 0. The lowest BCUT2D eigenvalue weighted by Crippen LogP contribution is -2.50. The van der Waals surface area contributed by atoms with Gasteiger partial charge in [-0.2, -0.15) is 0 Å². The number of carbonyl (C=O) groups is 2. The smallest absolute Gasteiger partial charge is 0.292 e. The fourth-order valence-corrected chi connectivity index (χ4v) is 4.25. The van der Waals surface area contributed by atoms with Crippen LogP contribution in [-0.4, -0.2) is 67.1 Å². The van der Waals surface area contributed by atoms with Gasteiger partial charge in [0.2, 0.25) is 11.7 Å². The van der Waals surface area contributed by atoms with Crippen molar-refractivity contribution in [1.29, 1.82) is 0 Å². The molecule has 1 aromatic carbocycles. The Morgan fingerprint density at radius 1 is 1.04 bits per heavy atom. The van der Waals surface area contributed by atoms with E-state index in [-0.39, 0.29) is 34.6 Å². The first-order valence-electron chi connectivity index (χ1n) is 9.06. The molecular formula is C19H23N3O5S. The highest BCUT2D eigenvalue weighted by atomic mass is 32.2. The lowest BCUT2D eigenvalue weighted by atomic mass is 10.2. The van der Waals surface area contributed by atoms with Crippen molar-refractivity contribution < 1.29 is 22.5 Å². The second-order valence-electron chi connectivity index (χ2n) is 6.89. The summed E-state index contributed by atoms with van der Waals surface area (Å²) in [5, 5.41) is 3.71. The number of aromatic nitrogens is 1. The third-order valence-electron chi connectivity index (χ3n) is 4.72. The lowest BCUT2D eigenvalue weighted by molar-refractivity contribution is -0.132. The zero-order chi connectivity index (χ0) is 20.3. The minimum atomic E-state index is -3.50. The maximum atomic E-state index is 12.4. The molecule has 0 radical (unpaired) electrons. The van der Waals surface area contributed by atoms with Gasteiger partial charge in [-0.1, -0.05) is 22.9 Å². The van der Waals surface area contributed by atoms with E-state index in [0.29, 0.717) is 31.9 Å². The molecule has 0 aliphatic carbocycles. The van der Waals surface area contributed by atoms with E-state index >= 15 is 0 Å². The van der Waals surface area contributed by atoms with E-state index in [1.165, 1.54) is 0 Å². The van der Waals surface area contributed by atoms with Gasteiger partial charge in [0.15, 0.2) is 9.84 Å². The van der Waals surface area contributed by atoms with Gasteiger partial charge in [0.05, 0.1) is 16.3 Å². The quantitative estimate of drug-likeness (QED) is 0.746.